The molecule has 4 aromatic carbocycles. The summed E-state index contributed by atoms with van der Waals surface area (Å²) >= 11 is 0. The summed E-state index contributed by atoms with van der Waals surface area (Å²) in [5.74, 6) is 0. The van der Waals surface area contributed by atoms with Crippen LogP contribution < -0.4 is 0 Å². The van der Waals surface area contributed by atoms with Gasteiger partial charge < -0.3 is 52.1 Å². The first kappa shape index (κ1) is 51.0. The molecule has 0 bridgehead atoms. The van der Waals surface area contributed by atoms with Gasteiger partial charge >= 0.3 is 0 Å². The highest BCUT2D eigenvalue weighted by atomic mass is 32.2. The van der Waals surface area contributed by atoms with Gasteiger partial charge in [-0.05, 0) is 28.8 Å². The van der Waals surface area contributed by atoms with Crippen LogP contribution in [-0.4, -0.2) is 154 Å². The van der Waals surface area contributed by atoms with Crippen LogP contribution in [0, 0.1) is 0 Å². The third-order valence-corrected chi connectivity index (χ3v) is 10.3. The lowest BCUT2D eigenvalue weighted by molar-refractivity contribution is -0.0399. The van der Waals surface area contributed by atoms with Crippen LogP contribution in [0.3, 0.4) is 0 Å². The maximum atomic E-state index is 12.0. The lowest BCUT2D eigenvalue weighted by atomic mass is 9.80. The van der Waals surface area contributed by atoms with Crippen molar-refractivity contribution >= 4 is 10.1 Å². The molecular weight excluding hydrogens is 821 g/mol. The molecule has 15 heteroatoms. The molecule has 0 aromatic heterocycles. The van der Waals surface area contributed by atoms with Crippen LogP contribution in [0.2, 0.25) is 0 Å². The molecule has 0 N–H and O–H groups in total. The number of ether oxygens (including phenoxy) is 11. The van der Waals surface area contributed by atoms with E-state index in [-0.39, 0.29) is 18.1 Å². The predicted molar refractivity (Wildman–Crippen MR) is 233 cm³/mol. The van der Waals surface area contributed by atoms with Crippen LogP contribution >= 0.6 is 0 Å². The summed E-state index contributed by atoms with van der Waals surface area (Å²) in [6.45, 7) is 9.03. The van der Waals surface area contributed by atoms with Gasteiger partial charge in [-0.3, -0.25) is 4.18 Å². The minimum atomic E-state index is -3.77. The number of hydrogen-bond acceptors (Lipinski definition) is 14. The third-order valence-electron chi connectivity index (χ3n) is 8.93. The molecule has 4 aromatic rings. The topological polar surface area (TPSA) is 145 Å². The van der Waals surface area contributed by atoms with Crippen molar-refractivity contribution in [2.45, 2.75) is 10.5 Å². The van der Waals surface area contributed by atoms with E-state index in [9.17, 15) is 8.42 Å². The molecule has 0 aliphatic carbocycles. The molecule has 0 atom stereocenters. The van der Waals surface area contributed by atoms with Crippen LogP contribution in [0.5, 0.6) is 0 Å². The standard InChI is InChI=1S/C47H64O14S/c48-62(49,46-19-11-4-12-20-46)61-42-40-59-38-36-57-34-32-55-30-28-53-26-24-51-22-21-50-23-25-52-27-29-54-31-33-56-35-37-58-39-41-60-47(43-13-5-1-6-14-43,44-15-7-2-8-16-44)45-17-9-3-10-18-45/h1-20H,21-42H2. The third kappa shape index (κ3) is 20.7. The van der Waals surface area contributed by atoms with Crippen molar-refractivity contribution in [2.24, 2.45) is 0 Å². The van der Waals surface area contributed by atoms with Gasteiger partial charge in [-0.1, -0.05) is 109 Å². The molecule has 0 saturated heterocycles. The predicted octanol–water partition coefficient (Wildman–Crippen LogP) is 5.57. The monoisotopic (exact) mass is 884 g/mol. The number of benzene rings is 4. The van der Waals surface area contributed by atoms with E-state index in [0.717, 1.165) is 16.7 Å². The highest BCUT2D eigenvalue weighted by Crippen LogP contribution is 2.40. The molecule has 0 saturated carbocycles. The van der Waals surface area contributed by atoms with Gasteiger partial charge in [0.25, 0.3) is 10.1 Å². The average molecular weight is 885 g/mol. The van der Waals surface area contributed by atoms with Gasteiger partial charge in [-0.15, -0.1) is 0 Å². The summed E-state index contributed by atoms with van der Waals surface area (Å²) in [6.07, 6.45) is 0. The van der Waals surface area contributed by atoms with Crippen molar-refractivity contribution in [3.63, 3.8) is 0 Å². The second kappa shape index (κ2) is 32.9. The van der Waals surface area contributed by atoms with Gasteiger partial charge in [-0.2, -0.15) is 8.42 Å². The molecule has 0 fully saturated rings. The number of hydrogen-bond donors (Lipinski definition) is 0. The Bertz CT molecular complexity index is 1640. The first-order chi connectivity index (χ1) is 30.6. The van der Waals surface area contributed by atoms with E-state index in [0.29, 0.717) is 132 Å². The molecule has 0 amide bonds. The summed E-state index contributed by atoms with van der Waals surface area (Å²) in [5, 5.41) is 0. The van der Waals surface area contributed by atoms with Gasteiger partial charge in [0.2, 0.25) is 0 Å². The van der Waals surface area contributed by atoms with E-state index in [4.69, 9.17) is 56.3 Å². The molecule has 4 rings (SSSR count). The van der Waals surface area contributed by atoms with E-state index in [1.807, 2.05) is 54.6 Å². The summed E-state index contributed by atoms with van der Waals surface area (Å²) in [7, 11) is -3.77. The Kier molecular flexibility index (Phi) is 27.1. The molecular formula is C47H64O14S. The maximum Gasteiger partial charge on any atom is 0.297 e. The van der Waals surface area contributed by atoms with Crippen molar-refractivity contribution in [1.29, 1.82) is 0 Å². The zero-order valence-electron chi connectivity index (χ0n) is 35.7. The zero-order chi connectivity index (χ0) is 43.5. The molecule has 0 unspecified atom stereocenters. The first-order valence-corrected chi connectivity index (χ1v) is 22.6. The van der Waals surface area contributed by atoms with Crippen LogP contribution in [0.1, 0.15) is 16.7 Å². The summed E-state index contributed by atoms with van der Waals surface area (Å²) in [6, 6.07) is 38.9. The van der Waals surface area contributed by atoms with Crippen LogP contribution in [0.15, 0.2) is 126 Å². The van der Waals surface area contributed by atoms with Gasteiger partial charge in [0, 0.05) is 0 Å². The summed E-state index contributed by atoms with van der Waals surface area (Å²) in [4.78, 5) is 0.118. The molecule has 342 valence electrons. The maximum absolute atomic E-state index is 12.0. The summed E-state index contributed by atoms with van der Waals surface area (Å²) < 4.78 is 91.1. The molecule has 0 aliphatic rings. The van der Waals surface area contributed by atoms with E-state index < -0.39 is 15.7 Å². The molecule has 14 nitrogen and oxygen atoms in total. The van der Waals surface area contributed by atoms with E-state index in [2.05, 4.69) is 36.4 Å². The molecule has 0 heterocycles. The molecule has 0 radical (unpaired) electrons. The minimum Gasteiger partial charge on any atom is -0.377 e. The van der Waals surface area contributed by atoms with Crippen molar-refractivity contribution in [3.8, 4) is 0 Å². The second-order valence-corrected chi connectivity index (χ2v) is 15.0. The van der Waals surface area contributed by atoms with Gasteiger partial charge in [0.05, 0.1) is 150 Å². The quantitative estimate of drug-likeness (QED) is 0.0313. The Morgan fingerprint density at radius 1 is 0.290 bits per heavy atom. The molecule has 62 heavy (non-hydrogen) atoms. The minimum absolute atomic E-state index is 0.0630. The Morgan fingerprint density at radius 3 is 0.790 bits per heavy atom. The zero-order valence-corrected chi connectivity index (χ0v) is 36.5. The van der Waals surface area contributed by atoms with Crippen molar-refractivity contribution in [1.82, 2.24) is 0 Å². The fraction of sp³-hybridized carbons (Fsp3) is 0.489. The Morgan fingerprint density at radius 2 is 0.516 bits per heavy atom. The smallest absolute Gasteiger partial charge is 0.297 e. The lowest BCUT2D eigenvalue weighted by Crippen LogP contribution is -2.34. The molecule has 0 spiro atoms. The summed E-state index contributed by atoms with van der Waals surface area (Å²) in [5.41, 5.74) is 2.42. The van der Waals surface area contributed by atoms with E-state index in [1.54, 1.807) is 18.2 Å². The highest BCUT2D eigenvalue weighted by molar-refractivity contribution is 7.86. The van der Waals surface area contributed by atoms with Crippen molar-refractivity contribution < 1.29 is 64.7 Å². The largest absolute Gasteiger partial charge is 0.377 e. The van der Waals surface area contributed by atoms with E-state index in [1.165, 1.54) is 12.1 Å². The van der Waals surface area contributed by atoms with Crippen molar-refractivity contribution in [2.75, 3.05) is 145 Å². The van der Waals surface area contributed by atoms with Gasteiger partial charge in [0.1, 0.15) is 5.60 Å². The Hall–Kier alpha value is -3.65. The van der Waals surface area contributed by atoms with Crippen molar-refractivity contribution in [3.05, 3.63) is 138 Å². The fourth-order valence-corrected chi connectivity index (χ4v) is 6.88. The SMILES string of the molecule is O=S(=O)(OCCOCCOCCOCCOCCOCCOCCOCCOCCOCCOCCOC(c1ccccc1)(c1ccccc1)c1ccccc1)c1ccccc1. The lowest BCUT2D eigenvalue weighted by Gasteiger charge is -2.36. The highest BCUT2D eigenvalue weighted by Gasteiger charge is 2.37. The first-order valence-electron chi connectivity index (χ1n) is 21.2. The van der Waals surface area contributed by atoms with Crippen LogP contribution in [0.25, 0.3) is 0 Å². The van der Waals surface area contributed by atoms with Gasteiger partial charge in [-0.25, -0.2) is 0 Å². The van der Waals surface area contributed by atoms with E-state index >= 15 is 0 Å². The average Bonchev–Trinajstić information content (AvgIpc) is 3.31. The second-order valence-electron chi connectivity index (χ2n) is 13.3. The normalized spacial score (nSPS) is 11.9. The molecule has 0 aliphatic heterocycles. The van der Waals surface area contributed by atoms with Gasteiger partial charge in [0.15, 0.2) is 0 Å². The van der Waals surface area contributed by atoms with Crippen LogP contribution in [-0.2, 0) is 72.0 Å². The fourth-order valence-electron chi connectivity index (χ4n) is 5.96. The van der Waals surface area contributed by atoms with Crippen LogP contribution in [0.4, 0.5) is 0 Å². The Labute approximate surface area is 367 Å². The Balaban J connectivity index is 0.843. The number of rotatable bonds is 39.